The number of pyridine rings is 1. The smallest absolute Gasteiger partial charge is 0.211 e. The van der Waals surface area contributed by atoms with E-state index in [2.05, 4.69) is 36.4 Å². The van der Waals surface area contributed by atoms with E-state index in [0.29, 0.717) is 0 Å². The van der Waals surface area contributed by atoms with Crippen molar-refractivity contribution in [3.63, 3.8) is 0 Å². The molecule has 0 aliphatic carbocycles. The third-order valence-electron chi connectivity index (χ3n) is 3.08. The van der Waals surface area contributed by atoms with Crippen LogP contribution in [0.3, 0.4) is 0 Å². The van der Waals surface area contributed by atoms with Gasteiger partial charge in [-0.2, -0.15) is 4.57 Å². The summed E-state index contributed by atoms with van der Waals surface area (Å²) in [4.78, 5) is 0. The lowest BCUT2D eigenvalue weighted by molar-refractivity contribution is -0.688. The van der Waals surface area contributed by atoms with Crippen LogP contribution in [0.4, 0.5) is 0 Å². The second-order valence-corrected chi connectivity index (χ2v) is 4.37. The van der Waals surface area contributed by atoms with Crippen LogP contribution in [0, 0.1) is 0 Å². The summed E-state index contributed by atoms with van der Waals surface area (Å²) in [5.41, 5.74) is 1.25. The predicted molar refractivity (Wildman–Crippen MR) is 71.4 cm³/mol. The first-order valence-corrected chi connectivity index (χ1v) is 5.98. The molecule has 0 atom stereocenters. The van der Waals surface area contributed by atoms with Gasteiger partial charge in [-0.15, -0.1) is 0 Å². The molecule has 3 rings (SSSR count). The highest BCUT2D eigenvalue weighted by Gasteiger charge is 2.06. The Balaban J connectivity index is 0.00000133. The van der Waals surface area contributed by atoms with E-state index in [1.54, 1.807) is 12.3 Å². The van der Waals surface area contributed by atoms with Crippen molar-refractivity contribution in [2.45, 2.75) is 6.54 Å². The van der Waals surface area contributed by atoms with E-state index >= 15 is 0 Å². The second kappa shape index (κ2) is 5.72. The van der Waals surface area contributed by atoms with Crippen LogP contribution in [0.15, 0.2) is 67.0 Å². The molecule has 0 saturated heterocycles. The average Bonchev–Trinajstić information content (AvgIpc) is 2.39. The first kappa shape index (κ1) is 13.4. The molecule has 0 bridgehead atoms. The minimum absolute atomic E-state index is 0. The molecule has 2 aromatic carbocycles. The lowest BCUT2D eigenvalue weighted by atomic mass is 10.0. The third-order valence-corrected chi connectivity index (χ3v) is 3.08. The fourth-order valence-electron chi connectivity index (χ4n) is 2.23. The molecule has 0 spiro atoms. The zero-order chi connectivity index (χ0) is 12.4. The summed E-state index contributed by atoms with van der Waals surface area (Å²) in [6, 6.07) is 18.2. The Labute approximate surface area is 118 Å². The normalized spacial score (nSPS) is 10.1. The summed E-state index contributed by atoms with van der Waals surface area (Å²) in [7, 11) is 0. The minimum Gasteiger partial charge on any atom is -1.00 e. The van der Waals surface area contributed by atoms with Gasteiger partial charge in [0.25, 0.3) is 0 Å². The van der Waals surface area contributed by atoms with Gasteiger partial charge in [0, 0.05) is 11.6 Å². The van der Waals surface area contributed by atoms with Gasteiger partial charge in [-0.3, -0.25) is 0 Å². The molecule has 0 amide bonds. The molecule has 3 aromatic rings. The molecule has 0 aliphatic rings. The summed E-state index contributed by atoms with van der Waals surface area (Å²) >= 11 is 0. The summed E-state index contributed by atoms with van der Waals surface area (Å²) in [5.74, 6) is 0.290. The Morgan fingerprint density at radius 3 is 2.53 bits per heavy atom. The quantitative estimate of drug-likeness (QED) is 0.646. The summed E-state index contributed by atoms with van der Waals surface area (Å²) < 4.78 is 1.98. The summed E-state index contributed by atoms with van der Waals surface area (Å²) in [6.07, 6.45) is 3.70. The van der Waals surface area contributed by atoms with Crippen LogP contribution >= 0.6 is 0 Å². The molecule has 1 N–H and O–H groups in total. The number of hydrogen-bond acceptors (Lipinski definition) is 1. The Bertz CT molecular complexity index is 692. The van der Waals surface area contributed by atoms with E-state index in [4.69, 9.17) is 0 Å². The molecule has 0 radical (unpaired) electrons. The molecule has 2 nitrogen and oxygen atoms in total. The molecule has 0 saturated carbocycles. The number of fused-ring (bicyclic) bond motifs is 1. The second-order valence-electron chi connectivity index (χ2n) is 4.37. The maximum Gasteiger partial charge on any atom is 0.211 e. The van der Waals surface area contributed by atoms with Gasteiger partial charge in [-0.1, -0.05) is 42.5 Å². The van der Waals surface area contributed by atoms with Crippen LogP contribution in [0.25, 0.3) is 10.8 Å². The fourth-order valence-corrected chi connectivity index (χ4v) is 2.23. The number of hydrogen-bond donors (Lipinski definition) is 1. The van der Waals surface area contributed by atoms with Crippen molar-refractivity contribution in [3.05, 3.63) is 72.6 Å². The van der Waals surface area contributed by atoms with Crippen LogP contribution in [0.2, 0.25) is 0 Å². The van der Waals surface area contributed by atoms with Gasteiger partial charge in [0.1, 0.15) is 0 Å². The zero-order valence-electron chi connectivity index (χ0n) is 10.3. The molecule has 0 unspecified atom stereocenters. The number of aromatic nitrogens is 1. The lowest BCUT2D eigenvalue weighted by Gasteiger charge is -2.03. The van der Waals surface area contributed by atoms with Crippen molar-refractivity contribution in [3.8, 4) is 5.75 Å². The van der Waals surface area contributed by atoms with Gasteiger partial charge < -0.3 is 17.5 Å². The first-order valence-electron chi connectivity index (χ1n) is 5.98. The minimum atomic E-state index is 0. The van der Waals surface area contributed by atoms with Crippen LogP contribution in [0.5, 0.6) is 5.75 Å². The highest BCUT2D eigenvalue weighted by Crippen LogP contribution is 2.18. The van der Waals surface area contributed by atoms with Crippen molar-refractivity contribution in [2.75, 3.05) is 0 Å². The zero-order valence-corrected chi connectivity index (χ0v) is 11.1. The van der Waals surface area contributed by atoms with Crippen molar-refractivity contribution >= 4 is 10.8 Å². The van der Waals surface area contributed by atoms with Crippen LogP contribution in [-0.2, 0) is 6.54 Å². The molecular weight excluding hydrogens is 258 g/mol. The number of nitrogens with zero attached hydrogens (tertiary/aromatic N) is 1. The monoisotopic (exact) mass is 271 g/mol. The average molecular weight is 272 g/mol. The van der Waals surface area contributed by atoms with Crippen molar-refractivity contribution in [1.29, 1.82) is 0 Å². The van der Waals surface area contributed by atoms with Gasteiger partial charge in [0.2, 0.25) is 6.20 Å². The summed E-state index contributed by atoms with van der Waals surface area (Å²) in [6.45, 7) is 0.760. The van der Waals surface area contributed by atoms with E-state index in [-0.39, 0.29) is 18.2 Å². The molecule has 3 heteroatoms. The van der Waals surface area contributed by atoms with Crippen molar-refractivity contribution < 1.29 is 22.1 Å². The predicted octanol–water partition coefficient (Wildman–Crippen LogP) is -0.115. The summed E-state index contributed by atoms with van der Waals surface area (Å²) in [5, 5.41) is 12.0. The van der Waals surface area contributed by atoms with E-state index < -0.39 is 0 Å². The van der Waals surface area contributed by atoms with E-state index in [1.807, 2.05) is 22.9 Å². The maximum absolute atomic E-state index is 9.48. The number of benzene rings is 2. The Kier molecular flexibility index (Phi) is 4.03. The van der Waals surface area contributed by atoms with Crippen LogP contribution in [0.1, 0.15) is 5.56 Å². The molecular formula is C16H14ClNO. The number of aromatic hydroxyl groups is 1. The topological polar surface area (TPSA) is 24.1 Å². The highest BCUT2D eigenvalue weighted by molar-refractivity contribution is 5.85. The van der Waals surface area contributed by atoms with Crippen LogP contribution < -0.4 is 17.0 Å². The first-order chi connectivity index (χ1) is 8.83. The SMILES string of the molecule is Oc1ccc[n+](Cc2cccc3ccccc23)c1.[Cl-]. The Morgan fingerprint density at radius 1 is 0.895 bits per heavy atom. The van der Waals surface area contributed by atoms with Crippen LogP contribution in [-0.4, -0.2) is 5.11 Å². The third kappa shape index (κ3) is 2.85. The molecule has 0 fully saturated rings. The molecule has 19 heavy (non-hydrogen) atoms. The van der Waals surface area contributed by atoms with Gasteiger partial charge in [-0.25, -0.2) is 0 Å². The van der Waals surface area contributed by atoms with Crippen molar-refractivity contribution in [1.82, 2.24) is 0 Å². The number of rotatable bonds is 2. The van der Waals surface area contributed by atoms with Gasteiger partial charge >= 0.3 is 0 Å². The lowest BCUT2D eigenvalue weighted by Crippen LogP contribution is -3.00. The Hall–Kier alpha value is -2.06. The van der Waals surface area contributed by atoms with E-state index in [9.17, 15) is 5.11 Å². The molecule has 0 aliphatic heterocycles. The number of halogens is 1. The Morgan fingerprint density at radius 2 is 1.68 bits per heavy atom. The maximum atomic E-state index is 9.48. The van der Waals surface area contributed by atoms with Gasteiger partial charge in [-0.05, 0) is 16.8 Å². The standard InChI is InChI=1S/C16H13NO.ClH/c18-15-8-4-10-17(12-15)11-14-7-3-6-13-5-1-2-9-16(13)14;/h1-10,12H,11H2;1H. The van der Waals surface area contributed by atoms with Crippen molar-refractivity contribution in [2.24, 2.45) is 0 Å². The van der Waals surface area contributed by atoms with Gasteiger partial charge in [0.15, 0.2) is 18.5 Å². The highest BCUT2D eigenvalue weighted by atomic mass is 35.5. The molecule has 1 heterocycles. The molecule has 1 aromatic heterocycles. The van der Waals surface area contributed by atoms with E-state index in [1.165, 1.54) is 16.3 Å². The largest absolute Gasteiger partial charge is 1.00 e. The van der Waals surface area contributed by atoms with E-state index in [0.717, 1.165) is 6.54 Å². The molecule has 96 valence electrons. The van der Waals surface area contributed by atoms with Gasteiger partial charge in [0.05, 0.1) is 0 Å². The fraction of sp³-hybridized carbons (Fsp3) is 0.0625.